The van der Waals surface area contributed by atoms with E-state index in [9.17, 15) is 14.4 Å². The molecular formula is C10H19N3O4. The molecule has 0 aliphatic carbocycles. The molecule has 0 aromatic rings. The number of hydrogen-bond donors (Lipinski definition) is 4. The highest BCUT2D eigenvalue weighted by atomic mass is 16.4. The maximum absolute atomic E-state index is 11.1. The van der Waals surface area contributed by atoms with Crippen LogP contribution in [0.15, 0.2) is 0 Å². The van der Waals surface area contributed by atoms with Crippen LogP contribution in [0.1, 0.15) is 25.7 Å². The van der Waals surface area contributed by atoms with Gasteiger partial charge in [-0.05, 0) is 12.8 Å². The summed E-state index contributed by atoms with van der Waals surface area (Å²) in [5, 5.41) is 15.9. The van der Waals surface area contributed by atoms with Crippen molar-refractivity contribution in [1.29, 1.82) is 0 Å². The second kappa shape index (κ2) is 9.44. The van der Waals surface area contributed by atoms with E-state index in [0.29, 0.717) is 19.4 Å². The molecule has 0 aromatic heterocycles. The Bertz CT molecular complexity index is 268. The lowest BCUT2D eigenvalue weighted by molar-refractivity contribution is -0.137. The van der Waals surface area contributed by atoms with Gasteiger partial charge >= 0.3 is 12.0 Å². The molecule has 0 aromatic carbocycles. The highest BCUT2D eigenvalue weighted by molar-refractivity contribution is 5.77. The molecule has 0 saturated heterocycles. The topological polar surface area (TPSA) is 108 Å². The summed E-state index contributed by atoms with van der Waals surface area (Å²) in [7, 11) is 1.53. The molecular weight excluding hydrogens is 226 g/mol. The monoisotopic (exact) mass is 245 g/mol. The van der Waals surface area contributed by atoms with E-state index in [2.05, 4.69) is 16.0 Å². The van der Waals surface area contributed by atoms with Crippen LogP contribution < -0.4 is 16.0 Å². The first-order valence-electron chi connectivity index (χ1n) is 5.50. The summed E-state index contributed by atoms with van der Waals surface area (Å²) in [6.07, 6.45) is 1.51. The third kappa shape index (κ3) is 10.5. The number of nitrogens with one attached hydrogen (secondary N) is 3. The van der Waals surface area contributed by atoms with Crippen molar-refractivity contribution < 1.29 is 19.5 Å². The van der Waals surface area contributed by atoms with Crippen molar-refractivity contribution in [2.75, 3.05) is 20.1 Å². The summed E-state index contributed by atoms with van der Waals surface area (Å²) < 4.78 is 0. The number of carboxylic acid groups (broad SMARTS) is 1. The van der Waals surface area contributed by atoms with Crippen LogP contribution in [0.3, 0.4) is 0 Å². The molecule has 98 valence electrons. The van der Waals surface area contributed by atoms with Crippen molar-refractivity contribution in [3.63, 3.8) is 0 Å². The van der Waals surface area contributed by atoms with Gasteiger partial charge in [0, 0.05) is 33.0 Å². The number of aliphatic carboxylic acids is 1. The molecule has 7 heteroatoms. The van der Waals surface area contributed by atoms with Crippen molar-refractivity contribution in [1.82, 2.24) is 16.0 Å². The largest absolute Gasteiger partial charge is 0.481 e. The Morgan fingerprint density at radius 3 is 2.24 bits per heavy atom. The number of carbonyl (C=O) groups is 3. The van der Waals surface area contributed by atoms with Gasteiger partial charge in [-0.3, -0.25) is 9.59 Å². The van der Waals surface area contributed by atoms with Crippen molar-refractivity contribution in [3.8, 4) is 0 Å². The van der Waals surface area contributed by atoms with Crippen LogP contribution in [0, 0.1) is 0 Å². The predicted molar refractivity (Wildman–Crippen MR) is 61.6 cm³/mol. The van der Waals surface area contributed by atoms with Crippen LogP contribution in [-0.2, 0) is 9.59 Å². The van der Waals surface area contributed by atoms with Gasteiger partial charge in [0.25, 0.3) is 0 Å². The average Bonchev–Trinajstić information content (AvgIpc) is 2.27. The average molecular weight is 245 g/mol. The molecule has 3 amide bonds. The molecule has 0 aliphatic rings. The maximum Gasteiger partial charge on any atom is 0.314 e. The Balaban J connectivity index is 3.35. The number of rotatable bonds is 8. The second-order valence-corrected chi connectivity index (χ2v) is 3.46. The lowest BCUT2D eigenvalue weighted by Gasteiger charge is -2.06. The van der Waals surface area contributed by atoms with E-state index in [0.717, 1.165) is 0 Å². The van der Waals surface area contributed by atoms with Crippen molar-refractivity contribution in [3.05, 3.63) is 0 Å². The van der Waals surface area contributed by atoms with Gasteiger partial charge in [-0.15, -0.1) is 0 Å². The van der Waals surface area contributed by atoms with Crippen molar-refractivity contribution >= 4 is 17.9 Å². The number of urea groups is 1. The van der Waals surface area contributed by atoms with E-state index in [1.54, 1.807) is 0 Å². The van der Waals surface area contributed by atoms with Crippen molar-refractivity contribution in [2.24, 2.45) is 0 Å². The fourth-order valence-corrected chi connectivity index (χ4v) is 1.08. The lowest BCUT2D eigenvalue weighted by Crippen LogP contribution is -2.37. The molecule has 0 aliphatic heterocycles. The molecule has 0 heterocycles. The molecule has 0 fully saturated rings. The van der Waals surface area contributed by atoms with E-state index in [1.165, 1.54) is 7.05 Å². The zero-order valence-corrected chi connectivity index (χ0v) is 9.91. The quantitative estimate of drug-likeness (QED) is 0.439. The minimum absolute atomic E-state index is 0.111. The normalized spacial score (nSPS) is 9.47. The van der Waals surface area contributed by atoms with E-state index >= 15 is 0 Å². The molecule has 0 atom stereocenters. The summed E-state index contributed by atoms with van der Waals surface area (Å²) in [6.45, 7) is 0.708. The second-order valence-electron chi connectivity index (χ2n) is 3.46. The van der Waals surface area contributed by atoms with Gasteiger partial charge in [-0.2, -0.15) is 0 Å². The molecule has 0 spiro atoms. The van der Waals surface area contributed by atoms with Gasteiger partial charge in [0.15, 0.2) is 0 Å². The highest BCUT2D eigenvalue weighted by Gasteiger charge is 2.02. The van der Waals surface area contributed by atoms with E-state index < -0.39 is 5.97 Å². The summed E-state index contributed by atoms with van der Waals surface area (Å²) in [5.74, 6) is -0.966. The van der Waals surface area contributed by atoms with Gasteiger partial charge in [0.1, 0.15) is 0 Å². The number of unbranched alkanes of at least 4 members (excludes halogenated alkanes) is 1. The maximum atomic E-state index is 11.1. The predicted octanol–water partition coefficient (Wildman–Crippen LogP) is -0.323. The molecule has 0 radical (unpaired) electrons. The van der Waals surface area contributed by atoms with Gasteiger partial charge in [0.05, 0.1) is 0 Å². The minimum Gasteiger partial charge on any atom is -0.481 e. The van der Waals surface area contributed by atoms with Gasteiger partial charge in [0.2, 0.25) is 5.91 Å². The summed E-state index contributed by atoms with van der Waals surface area (Å²) in [4.78, 5) is 32.2. The number of carbonyl (C=O) groups excluding carboxylic acids is 2. The smallest absolute Gasteiger partial charge is 0.314 e. The molecule has 0 saturated carbocycles. The SMILES string of the molecule is CNC(=O)CCNC(=O)NCCCCC(=O)O. The molecule has 17 heavy (non-hydrogen) atoms. The third-order valence-electron chi connectivity index (χ3n) is 2.02. The molecule has 0 unspecified atom stereocenters. The molecule has 0 rings (SSSR count). The van der Waals surface area contributed by atoms with Crippen LogP contribution in [0.25, 0.3) is 0 Å². The Labute approximate surface area is 100.0 Å². The van der Waals surface area contributed by atoms with Crippen LogP contribution in [0.4, 0.5) is 4.79 Å². The zero-order valence-electron chi connectivity index (χ0n) is 9.91. The zero-order chi connectivity index (χ0) is 13.1. The number of amides is 3. The summed E-state index contributed by atoms with van der Waals surface area (Å²) in [6, 6.07) is -0.343. The van der Waals surface area contributed by atoms with Crippen LogP contribution in [0.2, 0.25) is 0 Å². The van der Waals surface area contributed by atoms with Crippen LogP contribution in [-0.4, -0.2) is 43.2 Å². The summed E-state index contributed by atoms with van der Waals surface area (Å²) in [5.41, 5.74) is 0. The van der Waals surface area contributed by atoms with E-state index in [-0.39, 0.29) is 31.3 Å². The van der Waals surface area contributed by atoms with Gasteiger partial charge in [-0.1, -0.05) is 0 Å². The number of hydrogen-bond acceptors (Lipinski definition) is 3. The fraction of sp³-hybridized carbons (Fsp3) is 0.700. The van der Waals surface area contributed by atoms with Gasteiger partial charge in [-0.25, -0.2) is 4.79 Å². The minimum atomic E-state index is -0.833. The molecule has 4 N–H and O–H groups in total. The van der Waals surface area contributed by atoms with Gasteiger partial charge < -0.3 is 21.1 Å². The lowest BCUT2D eigenvalue weighted by atomic mass is 10.2. The Morgan fingerprint density at radius 1 is 1.00 bits per heavy atom. The first kappa shape index (κ1) is 15.2. The Morgan fingerprint density at radius 2 is 1.65 bits per heavy atom. The van der Waals surface area contributed by atoms with Crippen LogP contribution >= 0.6 is 0 Å². The first-order valence-corrected chi connectivity index (χ1v) is 5.50. The Kier molecular flexibility index (Phi) is 8.44. The summed E-state index contributed by atoms with van der Waals surface area (Å²) >= 11 is 0. The van der Waals surface area contributed by atoms with Crippen LogP contribution in [0.5, 0.6) is 0 Å². The van der Waals surface area contributed by atoms with Crippen molar-refractivity contribution in [2.45, 2.75) is 25.7 Å². The number of carboxylic acids is 1. The van der Waals surface area contributed by atoms with E-state index in [1.807, 2.05) is 0 Å². The van der Waals surface area contributed by atoms with E-state index in [4.69, 9.17) is 5.11 Å². The highest BCUT2D eigenvalue weighted by Crippen LogP contribution is 1.93. The fourth-order valence-electron chi connectivity index (χ4n) is 1.08. The molecule has 0 bridgehead atoms. The molecule has 7 nitrogen and oxygen atoms in total. The standard InChI is InChI=1S/C10H19N3O4/c1-11-8(14)5-7-13-10(17)12-6-3-2-4-9(15)16/h2-7H2,1H3,(H,11,14)(H,15,16)(H2,12,13,17). The Hall–Kier alpha value is -1.79. The third-order valence-corrected chi connectivity index (χ3v) is 2.02. The first-order chi connectivity index (χ1) is 8.06.